The molecule has 0 spiro atoms. The maximum Gasteiger partial charge on any atom is 0.259 e. The van der Waals surface area contributed by atoms with E-state index < -0.39 is 0 Å². The first-order valence-electron chi connectivity index (χ1n) is 4.49. The number of thiocarbonyl (C=S) groups is 1. The summed E-state index contributed by atoms with van der Waals surface area (Å²) in [4.78, 5) is 1.78. The summed E-state index contributed by atoms with van der Waals surface area (Å²) in [7, 11) is 3.74. The highest BCUT2D eigenvalue weighted by atomic mass is 32.1. The maximum absolute atomic E-state index is 5.39. The molecule has 0 saturated heterocycles. The van der Waals surface area contributed by atoms with Gasteiger partial charge in [0.1, 0.15) is 6.61 Å². The van der Waals surface area contributed by atoms with Gasteiger partial charge in [0, 0.05) is 14.1 Å². The fraction of sp³-hybridized carbons (Fsp3) is 0.364. The monoisotopic (exact) mass is 209 g/mol. The lowest BCUT2D eigenvalue weighted by Crippen LogP contribution is -2.22. The highest BCUT2D eigenvalue weighted by Crippen LogP contribution is 2.05. The molecule has 1 aromatic rings. The zero-order chi connectivity index (χ0) is 10.6. The molecule has 0 radical (unpaired) electrons. The number of hydrogen-bond donors (Lipinski definition) is 0. The summed E-state index contributed by atoms with van der Waals surface area (Å²) < 4.78 is 5.39. The Bertz CT molecular complexity index is 306. The van der Waals surface area contributed by atoms with Gasteiger partial charge in [0.2, 0.25) is 0 Å². The van der Waals surface area contributed by atoms with Gasteiger partial charge in [-0.3, -0.25) is 0 Å². The molecule has 2 nitrogen and oxygen atoms in total. The largest absolute Gasteiger partial charge is 0.466 e. The Labute approximate surface area is 90.5 Å². The molecule has 0 aliphatic rings. The second kappa shape index (κ2) is 4.96. The first kappa shape index (κ1) is 11.0. The van der Waals surface area contributed by atoms with Crippen molar-refractivity contribution >= 4 is 17.4 Å². The Morgan fingerprint density at radius 3 is 2.36 bits per heavy atom. The zero-order valence-electron chi connectivity index (χ0n) is 8.78. The summed E-state index contributed by atoms with van der Waals surface area (Å²) in [6.45, 7) is 2.60. The van der Waals surface area contributed by atoms with Crippen molar-refractivity contribution in [2.24, 2.45) is 0 Å². The summed E-state index contributed by atoms with van der Waals surface area (Å²) >= 11 is 5.01. The van der Waals surface area contributed by atoms with Gasteiger partial charge in [0.05, 0.1) is 0 Å². The van der Waals surface area contributed by atoms with E-state index >= 15 is 0 Å². The summed E-state index contributed by atoms with van der Waals surface area (Å²) in [5.74, 6) is 0. The molecule has 0 atom stereocenters. The quantitative estimate of drug-likeness (QED) is 0.694. The van der Waals surface area contributed by atoms with E-state index in [1.165, 1.54) is 5.56 Å². The predicted octanol–water partition coefficient (Wildman–Crippen LogP) is 2.36. The third-order valence-electron chi connectivity index (χ3n) is 1.85. The number of ether oxygens (including phenoxy) is 1. The van der Waals surface area contributed by atoms with E-state index in [-0.39, 0.29) is 0 Å². The normalized spacial score (nSPS) is 9.64. The molecule has 76 valence electrons. The second-order valence-corrected chi connectivity index (χ2v) is 3.78. The van der Waals surface area contributed by atoms with E-state index in [1.54, 1.807) is 4.90 Å². The Kier molecular flexibility index (Phi) is 3.89. The minimum absolute atomic E-state index is 0.519. The minimum atomic E-state index is 0.519. The maximum atomic E-state index is 5.39. The van der Waals surface area contributed by atoms with Gasteiger partial charge < -0.3 is 9.64 Å². The zero-order valence-corrected chi connectivity index (χ0v) is 9.60. The Morgan fingerprint density at radius 2 is 1.86 bits per heavy atom. The highest BCUT2D eigenvalue weighted by molar-refractivity contribution is 7.79. The minimum Gasteiger partial charge on any atom is -0.466 e. The molecule has 0 aliphatic heterocycles. The van der Waals surface area contributed by atoms with Crippen LogP contribution >= 0.6 is 12.2 Å². The molecule has 0 amide bonds. The predicted molar refractivity (Wildman–Crippen MR) is 62.3 cm³/mol. The SMILES string of the molecule is Cc1ccc(COC(=S)N(C)C)cc1. The fourth-order valence-electron chi connectivity index (χ4n) is 0.958. The lowest BCUT2D eigenvalue weighted by Gasteiger charge is -2.14. The van der Waals surface area contributed by atoms with Crippen molar-refractivity contribution in [1.82, 2.24) is 4.90 Å². The number of hydrogen-bond acceptors (Lipinski definition) is 2. The molecule has 0 bridgehead atoms. The lowest BCUT2D eigenvalue weighted by atomic mass is 10.2. The smallest absolute Gasteiger partial charge is 0.259 e. The van der Waals surface area contributed by atoms with Crippen LogP contribution in [0.5, 0.6) is 0 Å². The van der Waals surface area contributed by atoms with Gasteiger partial charge >= 0.3 is 0 Å². The third kappa shape index (κ3) is 3.34. The molecule has 3 heteroatoms. The molecule has 0 unspecified atom stereocenters. The molecule has 0 heterocycles. The van der Waals surface area contributed by atoms with E-state index in [4.69, 9.17) is 17.0 Å². The topological polar surface area (TPSA) is 12.5 Å². The molecule has 0 fully saturated rings. The summed E-state index contributed by atoms with van der Waals surface area (Å²) in [5.41, 5.74) is 2.39. The highest BCUT2D eigenvalue weighted by Gasteiger charge is 1.99. The summed E-state index contributed by atoms with van der Waals surface area (Å²) in [6, 6.07) is 8.23. The fourth-order valence-corrected chi connectivity index (χ4v) is 1.02. The molecule has 0 aliphatic carbocycles. The average Bonchev–Trinajstić information content (AvgIpc) is 2.16. The van der Waals surface area contributed by atoms with Crippen molar-refractivity contribution in [1.29, 1.82) is 0 Å². The second-order valence-electron chi connectivity index (χ2n) is 3.43. The van der Waals surface area contributed by atoms with Crippen LogP contribution in [0.1, 0.15) is 11.1 Å². The van der Waals surface area contributed by atoms with Crippen molar-refractivity contribution in [3.05, 3.63) is 35.4 Å². The number of benzene rings is 1. The van der Waals surface area contributed by atoms with Crippen LogP contribution in [-0.2, 0) is 11.3 Å². The summed E-state index contributed by atoms with van der Waals surface area (Å²) in [6.07, 6.45) is 0. The van der Waals surface area contributed by atoms with Crippen LogP contribution in [0.15, 0.2) is 24.3 Å². The molecule has 1 aromatic carbocycles. The summed E-state index contributed by atoms with van der Waals surface area (Å²) in [5, 5.41) is 0.519. The molecule has 14 heavy (non-hydrogen) atoms. The van der Waals surface area contributed by atoms with Crippen LogP contribution in [0.3, 0.4) is 0 Å². The van der Waals surface area contributed by atoms with Crippen LogP contribution in [0.25, 0.3) is 0 Å². The van der Waals surface area contributed by atoms with Gasteiger partial charge in [-0.05, 0) is 24.7 Å². The van der Waals surface area contributed by atoms with Crippen molar-refractivity contribution in [3.63, 3.8) is 0 Å². The van der Waals surface area contributed by atoms with E-state index in [1.807, 2.05) is 26.2 Å². The van der Waals surface area contributed by atoms with Crippen LogP contribution in [0.2, 0.25) is 0 Å². The molecular formula is C11H15NOS. The Hall–Kier alpha value is -1.09. The van der Waals surface area contributed by atoms with Gasteiger partial charge in [0.15, 0.2) is 0 Å². The van der Waals surface area contributed by atoms with Gasteiger partial charge in [0.25, 0.3) is 5.17 Å². The number of nitrogens with zero attached hydrogens (tertiary/aromatic N) is 1. The van der Waals surface area contributed by atoms with Crippen molar-refractivity contribution in [2.75, 3.05) is 14.1 Å². The molecule has 0 aromatic heterocycles. The van der Waals surface area contributed by atoms with Crippen LogP contribution < -0.4 is 0 Å². The lowest BCUT2D eigenvalue weighted by molar-refractivity contribution is 0.257. The van der Waals surface area contributed by atoms with Gasteiger partial charge in [-0.1, -0.05) is 29.8 Å². The first-order valence-corrected chi connectivity index (χ1v) is 4.90. The number of rotatable bonds is 2. The molecule has 0 saturated carbocycles. The third-order valence-corrected chi connectivity index (χ3v) is 2.33. The van der Waals surface area contributed by atoms with Crippen molar-refractivity contribution in [2.45, 2.75) is 13.5 Å². The Morgan fingerprint density at radius 1 is 1.29 bits per heavy atom. The van der Waals surface area contributed by atoms with Crippen molar-refractivity contribution < 1.29 is 4.74 Å². The average molecular weight is 209 g/mol. The van der Waals surface area contributed by atoms with Gasteiger partial charge in [-0.25, -0.2) is 0 Å². The molecular weight excluding hydrogens is 194 g/mol. The van der Waals surface area contributed by atoms with Gasteiger partial charge in [-0.15, -0.1) is 0 Å². The standard InChI is InChI=1S/C11H15NOS/c1-9-4-6-10(7-5-9)8-13-11(14)12(2)3/h4-7H,8H2,1-3H3. The van der Waals surface area contributed by atoms with Crippen molar-refractivity contribution in [3.8, 4) is 0 Å². The van der Waals surface area contributed by atoms with Gasteiger partial charge in [-0.2, -0.15) is 0 Å². The van der Waals surface area contributed by atoms with E-state index in [0.717, 1.165) is 5.56 Å². The Balaban J connectivity index is 2.46. The van der Waals surface area contributed by atoms with Crippen LogP contribution in [0.4, 0.5) is 0 Å². The van der Waals surface area contributed by atoms with E-state index in [0.29, 0.717) is 11.8 Å². The van der Waals surface area contributed by atoms with Crippen LogP contribution in [-0.4, -0.2) is 24.2 Å². The van der Waals surface area contributed by atoms with E-state index in [2.05, 4.69) is 19.1 Å². The van der Waals surface area contributed by atoms with E-state index in [9.17, 15) is 0 Å². The first-order chi connectivity index (χ1) is 6.59. The molecule has 0 N–H and O–H groups in total. The van der Waals surface area contributed by atoms with Crippen LogP contribution in [0, 0.1) is 6.92 Å². The number of aryl methyl sites for hydroxylation is 1. The molecule has 1 rings (SSSR count).